The molecule has 1 fully saturated rings. The first-order valence-electron chi connectivity index (χ1n) is 8.65. The van der Waals surface area contributed by atoms with E-state index in [1.165, 1.54) is 21.3 Å². The molecule has 0 aromatic heterocycles. The second-order valence-electron chi connectivity index (χ2n) is 6.51. The molecular formula is C19H19F3N2O3S. The van der Waals surface area contributed by atoms with Gasteiger partial charge in [-0.15, -0.1) is 0 Å². The highest BCUT2D eigenvalue weighted by Crippen LogP contribution is 2.29. The molecule has 1 aliphatic heterocycles. The predicted molar refractivity (Wildman–Crippen MR) is 98.0 cm³/mol. The van der Waals surface area contributed by atoms with Gasteiger partial charge in [-0.05, 0) is 23.8 Å². The second-order valence-corrected chi connectivity index (χ2v) is 8.48. The number of amides is 1. The molecule has 0 spiro atoms. The minimum absolute atomic E-state index is 0.0598. The molecule has 1 aliphatic rings. The van der Waals surface area contributed by atoms with Crippen LogP contribution in [0.1, 0.15) is 21.5 Å². The summed E-state index contributed by atoms with van der Waals surface area (Å²) in [5.41, 5.74) is -0.275. The third-order valence-corrected chi connectivity index (χ3v) is 6.40. The Bertz CT molecular complexity index is 938. The number of piperazine rings is 1. The summed E-state index contributed by atoms with van der Waals surface area (Å²) < 4.78 is 64.9. The minimum atomic E-state index is -4.53. The maximum Gasteiger partial charge on any atom is 0.416 e. The van der Waals surface area contributed by atoms with Crippen molar-refractivity contribution in [2.75, 3.05) is 26.2 Å². The van der Waals surface area contributed by atoms with Gasteiger partial charge in [0, 0.05) is 31.7 Å². The van der Waals surface area contributed by atoms with Crippen molar-refractivity contribution < 1.29 is 26.4 Å². The van der Waals surface area contributed by atoms with E-state index in [4.69, 9.17) is 0 Å². The number of nitrogens with zero attached hydrogens (tertiary/aromatic N) is 2. The number of carbonyl (C=O) groups is 1. The van der Waals surface area contributed by atoms with Crippen molar-refractivity contribution >= 4 is 15.9 Å². The van der Waals surface area contributed by atoms with E-state index in [0.717, 1.165) is 12.1 Å². The van der Waals surface area contributed by atoms with Crippen LogP contribution in [0.5, 0.6) is 0 Å². The fourth-order valence-corrected chi connectivity index (χ4v) is 4.57. The highest BCUT2D eigenvalue weighted by Gasteiger charge is 2.33. The molecule has 5 nitrogen and oxygen atoms in total. The smallest absolute Gasteiger partial charge is 0.336 e. The molecular weight excluding hydrogens is 393 g/mol. The van der Waals surface area contributed by atoms with Crippen LogP contribution in [0.15, 0.2) is 54.6 Å². The van der Waals surface area contributed by atoms with Crippen LogP contribution < -0.4 is 0 Å². The van der Waals surface area contributed by atoms with E-state index in [1.807, 2.05) is 0 Å². The lowest BCUT2D eigenvalue weighted by atomic mass is 10.1. The molecule has 0 bridgehead atoms. The van der Waals surface area contributed by atoms with Gasteiger partial charge in [-0.1, -0.05) is 36.4 Å². The van der Waals surface area contributed by atoms with E-state index in [0.29, 0.717) is 5.56 Å². The van der Waals surface area contributed by atoms with Gasteiger partial charge in [-0.2, -0.15) is 17.5 Å². The highest BCUT2D eigenvalue weighted by atomic mass is 32.2. The molecule has 1 amide bonds. The van der Waals surface area contributed by atoms with Gasteiger partial charge in [0.15, 0.2) is 0 Å². The van der Waals surface area contributed by atoms with Crippen LogP contribution >= 0.6 is 0 Å². The lowest BCUT2D eigenvalue weighted by Crippen LogP contribution is -2.50. The summed E-state index contributed by atoms with van der Waals surface area (Å²) in [6, 6.07) is 13.0. The average Bonchev–Trinajstić information content (AvgIpc) is 2.67. The van der Waals surface area contributed by atoms with Gasteiger partial charge in [0.2, 0.25) is 10.0 Å². The minimum Gasteiger partial charge on any atom is -0.336 e. The van der Waals surface area contributed by atoms with E-state index >= 15 is 0 Å². The molecule has 3 rings (SSSR count). The molecule has 0 unspecified atom stereocenters. The summed E-state index contributed by atoms with van der Waals surface area (Å²) in [6.45, 7) is 0.478. The van der Waals surface area contributed by atoms with Crippen molar-refractivity contribution in [3.8, 4) is 0 Å². The van der Waals surface area contributed by atoms with Crippen LogP contribution in [-0.4, -0.2) is 49.7 Å². The lowest BCUT2D eigenvalue weighted by molar-refractivity contribution is -0.137. The molecule has 2 aromatic rings. The van der Waals surface area contributed by atoms with Crippen molar-refractivity contribution in [2.45, 2.75) is 11.9 Å². The Morgan fingerprint density at radius 3 is 2.18 bits per heavy atom. The van der Waals surface area contributed by atoms with Crippen molar-refractivity contribution in [1.29, 1.82) is 0 Å². The third kappa shape index (κ3) is 4.71. The van der Waals surface area contributed by atoms with Gasteiger partial charge < -0.3 is 4.90 Å². The van der Waals surface area contributed by atoms with E-state index in [9.17, 15) is 26.4 Å². The normalized spacial score (nSPS) is 16.2. The van der Waals surface area contributed by atoms with Gasteiger partial charge in [0.05, 0.1) is 11.3 Å². The van der Waals surface area contributed by atoms with E-state index in [2.05, 4.69) is 0 Å². The Morgan fingerprint density at radius 2 is 1.57 bits per heavy atom. The maximum atomic E-state index is 12.8. The molecule has 0 N–H and O–H groups in total. The SMILES string of the molecule is O=C(c1cccc(C(F)(F)F)c1)N1CCN(S(=O)(=O)Cc2ccccc2)CC1. The first-order valence-corrected chi connectivity index (χ1v) is 10.3. The van der Waals surface area contributed by atoms with Crippen molar-refractivity contribution in [2.24, 2.45) is 0 Å². The summed E-state index contributed by atoms with van der Waals surface area (Å²) in [5.74, 6) is -0.665. The van der Waals surface area contributed by atoms with Crippen LogP contribution in [0.25, 0.3) is 0 Å². The number of benzene rings is 2. The molecule has 2 aromatic carbocycles. The molecule has 28 heavy (non-hydrogen) atoms. The molecule has 0 radical (unpaired) electrons. The predicted octanol–water partition coefficient (Wildman–Crippen LogP) is 2.99. The van der Waals surface area contributed by atoms with Gasteiger partial charge in [-0.25, -0.2) is 8.42 Å². The van der Waals surface area contributed by atoms with E-state index in [1.54, 1.807) is 30.3 Å². The fraction of sp³-hybridized carbons (Fsp3) is 0.316. The fourth-order valence-electron chi connectivity index (χ4n) is 3.06. The average molecular weight is 412 g/mol. The second kappa shape index (κ2) is 7.92. The van der Waals surface area contributed by atoms with Gasteiger partial charge >= 0.3 is 6.18 Å². The van der Waals surface area contributed by atoms with Gasteiger partial charge in [-0.3, -0.25) is 4.79 Å². The Kier molecular flexibility index (Phi) is 5.76. The molecule has 150 valence electrons. The van der Waals surface area contributed by atoms with Crippen molar-refractivity contribution in [1.82, 2.24) is 9.21 Å². The number of hydrogen-bond donors (Lipinski definition) is 0. The summed E-state index contributed by atoms with van der Waals surface area (Å²) in [7, 11) is -3.53. The Labute approximate surface area is 161 Å². The van der Waals surface area contributed by atoms with Crippen LogP contribution in [-0.2, 0) is 22.0 Å². The van der Waals surface area contributed by atoms with Gasteiger partial charge in [0.25, 0.3) is 5.91 Å². The van der Waals surface area contributed by atoms with E-state index < -0.39 is 27.7 Å². The molecule has 9 heteroatoms. The summed E-state index contributed by atoms with van der Waals surface area (Å²) in [6.07, 6.45) is -4.53. The molecule has 1 heterocycles. The van der Waals surface area contributed by atoms with Gasteiger partial charge in [0.1, 0.15) is 0 Å². The number of rotatable bonds is 4. The highest BCUT2D eigenvalue weighted by molar-refractivity contribution is 7.88. The largest absolute Gasteiger partial charge is 0.416 e. The molecule has 0 atom stereocenters. The van der Waals surface area contributed by atoms with Crippen LogP contribution in [0.2, 0.25) is 0 Å². The Morgan fingerprint density at radius 1 is 0.929 bits per heavy atom. The lowest BCUT2D eigenvalue weighted by Gasteiger charge is -2.34. The number of sulfonamides is 1. The van der Waals surface area contributed by atoms with Crippen LogP contribution in [0.3, 0.4) is 0 Å². The van der Waals surface area contributed by atoms with Crippen molar-refractivity contribution in [3.05, 3.63) is 71.3 Å². The molecule has 1 saturated heterocycles. The van der Waals surface area contributed by atoms with Crippen LogP contribution in [0.4, 0.5) is 13.2 Å². The zero-order valence-corrected chi connectivity index (χ0v) is 15.7. The van der Waals surface area contributed by atoms with Crippen molar-refractivity contribution in [3.63, 3.8) is 0 Å². The number of carbonyl (C=O) groups excluding carboxylic acids is 1. The zero-order valence-electron chi connectivity index (χ0n) is 14.9. The Hall–Kier alpha value is -2.39. The van der Waals surface area contributed by atoms with Crippen LogP contribution in [0, 0.1) is 0 Å². The third-order valence-electron chi connectivity index (χ3n) is 4.55. The summed E-state index contributed by atoms with van der Waals surface area (Å²) in [4.78, 5) is 13.9. The topological polar surface area (TPSA) is 57.7 Å². The molecule has 0 aliphatic carbocycles. The Balaban J connectivity index is 1.64. The zero-order chi connectivity index (χ0) is 20.4. The summed E-state index contributed by atoms with van der Waals surface area (Å²) >= 11 is 0. The molecule has 0 saturated carbocycles. The monoisotopic (exact) mass is 412 g/mol. The number of alkyl halides is 3. The quantitative estimate of drug-likeness (QED) is 0.776. The standard InChI is InChI=1S/C19H19F3N2O3S/c20-19(21,22)17-8-4-7-16(13-17)18(25)23-9-11-24(12-10-23)28(26,27)14-15-5-2-1-3-6-15/h1-8,13H,9-12,14H2. The number of hydrogen-bond acceptors (Lipinski definition) is 3. The number of halogens is 3. The van der Waals surface area contributed by atoms with E-state index in [-0.39, 0.29) is 37.5 Å². The maximum absolute atomic E-state index is 12.8. The first kappa shape index (κ1) is 20.3. The first-order chi connectivity index (χ1) is 13.2. The summed E-state index contributed by atoms with van der Waals surface area (Å²) in [5, 5.41) is 0.